The highest BCUT2D eigenvalue weighted by Gasteiger charge is 2.27. The fourth-order valence-corrected chi connectivity index (χ4v) is 2.78. The molecule has 1 heterocycles. The van der Waals surface area contributed by atoms with E-state index in [1.165, 1.54) is 0 Å². The Bertz CT molecular complexity index is 369. The van der Waals surface area contributed by atoms with Gasteiger partial charge in [-0.2, -0.15) is 0 Å². The Balaban J connectivity index is 2.57. The van der Waals surface area contributed by atoms with E-state index in [2.05, 4.69) is 4.72 Å². The fraction of sp³-hybridized carbons (Fsp3) is 0.900. The van der Waals surface area contributed by atoms with Gasteiger partial charge in [-0.25, -0.2) is 13.1 Å². The third-order valence-corrected chi connectivity index (χ3v) is 3.63. The molecule has 100 valence electrons. The molecule has 7 heteroatoms. The van der Waals surface area contributed by atoms with E-state index in [4.69, 9.17) is 5.73 Å². The summed E-state index contributed by atoms with van der Waals surface area (Å²) < 4.78 is 24.8. The molecule has 17 heavy (non-hydrogen) atoms. The van der Waals surface area contributed by atoms with Gasteiger partial charge in [0.2, 0.25) is 15.9 Å². The van der Waals surface area contributed by atoms with E-state index in [0.717, 1.165) is 19.1 Å². The molecule has 1 unspecified atom stereocenters. The lowest BCUT2D eigenvalue weighted by atomic mass is 10.1. The van der Waals surface area contributed by atoms with Crippen molar-refractivity contribution in [3.8, 4) is 0 Å². The standard InChI is InChI=1S/C10H21N3O3S/c1-3-9(11)10(14)13-6-4-5-8(7-13)12-17(2,15)16/h8-9,12H,3-7,11H2,1-2H3/t8?,9-/m1/s1. The van der Waals surface area contributed by atoms with E-state index >= 15 is 0 Å². The van der Waals surface area contributed by atoms with Crippen LogP contribution < -0.4 is 10.5 Å². The molecule has 1 aliphatic heterocycles. The normalized spacial score (nSPS) is 23.5. The molecule has 0 aromatic carbocycles. The van der Waals surface area contributed by atoms with E-state index in [9.17, 15) is 13.2 Å². The topological polar surface area (TPSA) is 92.5 Å². The number of piperidine rings is 1. The van der Waals surface area contributed by atoms with E-state index < -0.39 is 16.1 Å². The van der Waals surface area contributed by atoms with Gasteiger partial charge in [-0.15, -0.1) is 0 Å². The smallest absolute Gasteiger partial charge is 0.239 e. The van der Waals surface area contributed by atoms with Crippen molar-refractivity contribution in [1.82, 2.24) is 9.62 Å². The van der Waals surface area contributed by atoms with Crippen molar-refractivity contribution in [2.24, 2.45) is 5.73 Å². The third kappa shape index (κ3) is 4.61. The maximum Gasteiger partial charge on any atom is 0.239 e. The van der Waals surface area contributed by atoms with E-state index in [1.54, 1.807) is 4.90 Å². The van der Waals surface area contributed by atoms with Crippen LogP contribution in [-0.4, -0.2) is 50.7 Å². The Morgan fingerprint density at radius 3 is 2.76 bits per heavy atom. The van der Waals surface area contributed by atoms with Crippen molar-refractivity contribution < 1.29 is 13.2 Å². The van der Waals surface area contributed by atoms with Crippen molar-refractivity contribution in [1.29, 1.82) is 0 Å². The van der Waals surface area contributed by atoms with Crippen LogP contribution in [0.4, 0.5) is 0 Å². The highest BCUT2D eigenvalue weighted by atomic mass is 32.2. The number of likely N-dealkylation sites (tertiary alicyclic amines) is 1. The van der Waals surface area contributed by atoms with Crippen molar-refractivity contribution in [3.63, 3.8) is 0 Å². The lowest BCUT2D eigenvalue weighted by Crippen LogP contribution is -2.53. The Morgan fingerprint density at radius 2 is 2.24 bits per heavy atom. The Labute approximate surface area is 103 Å². The molecule has 1 aliphatic rings. The highest BCUT2D eigenvalue weighted by molar-refractivity contribution is 7.88. The molecule has 1 amide bonds. The minimum Gasteiger partial charge on any atom is -0.340 e. The molecule has 0 aliphatic carbocycles. The quantitative estimate of drug-likeness (QED) is 0.699. The van der Waals surface area contributed by atoms with Crippen molar-refractivity contribution in [2.45, 2.75) is 38.3 Å². The number of rotatable bonds is 4. The van der Waals surface area contributed by atoms with Crippen LogP contribution in [0.2, 0.25) is 0 Å². The molecule has 0 aromatic heterocycles. The Kier molecular flexibility index (Phi) is 4.91. The number of sulfonamides is 1. The number of carbonyl (C=O) groups excluding carboxylic acids is 1. The summed E-state index contributed by atoms with van der Waals surface area (Å²) in [6.45, 7) is 2.94. The number of nitrogens with one attached hydrogen (secondary N) is 1. The molecular weight excluding hydrogens is 242 g/mol. The van der Waals surface area contributed by atoms with Gasteiger partial charge in [-0.3, -0.25) is 4.79 Å². The van der Waals surface area contributed by atoms with Gasteiger partial charge >= 0.3 is 0 Å². The van der Waals surface area contributed by atoms with Gasteiger partial charge < -0.3 is 10.6 Å². The van der Waals surface area contributed by atoms with Gasteiger partial charge in [0.1, 0.15) is 0 Å². The first-order chi connectivity index (χ1) is 7.83. The molecule has 0 aromatic rings. The first-order valence-corrected chi connectivity index (χ1v) is 7.74. The first-order valence-electron chi connectivity index (χ1n) is 5.85. The Morgan fingerprint density at radius 1 is 1.59 bits per heavy atom. The van der Waals surface area contributed by atoms with Crippen LogP contribution in [-0.2, 0) is 14.8 Å². The summed E-state index contributed by atoms with van der Waals surface area (Å²) in [7, 11) is -3.22. The van der Waals surface area contributed by atoms with Gasteiger partial charge in [-0.05, 0) is 19.3 Å². The van der Waals surface area contributed by atoms with Gasteiger partial charge in [0.05, 0.1) is 12.3 Å². The Hall–Kier alpha value is -0.660. The number of carbonyl (C=O) groups is 1. The number of amides is 1. The van der Waals surface area contributed by atoms with E-state index in [0.29, 0.717) is 19.5 Å². The third-order valence-electron chi connectivity index (χ3n) is 2.87. The van der Waals surface area contributed by atoms with Crippen LogP contribution in [0.25, 0.3) is 0 Å². The number of hydrogen-bond donors (Lipinski definition) is 2. The van der Waals surface area contributed by atoms with Crippen LogP contribution in [0.3, 0.4) is 0 Å². The number of nitrogens with two attached hydrogens (primary N) is 1. The average Bonchev–Trinajstić information content (AvgIpc) is 2.25. The molecule has 0 spiro atoms. The second-order valence-electron chi connectivity index (χ2n) is 4.53. The molecule has 0 saturated carbocycles. The van der Waals surface area contributed by atoms with E-state index in [1.807, 2.05) is 6.92 Å². The zero-order valence-electron chi connectivity index (χ0n) is 10.3. The molecule has 1 fully saturated rings. The second kappa shape index (κ2) is 5.79. The summed E-state index contributed by atoms with van der Waals surface area (Å²) in [6, 6.07) is -0.668. The summed E-state index contributed by atoms with van der Waals surface area (Å²) in [5.74, 6) is -0.0903. The maximum absolute atomic E-state index is 11.9. The minimum atomic E-state index is -3.22. The van der Waals surface area contributed by atoms with Gasteiger partial charge in [0.15, 0.2) is 0 Å². The minimum absolute atomic E-state index is 0.0903. The molecular formula is C10H21N3O3S. The molecule has 2 atom stereocenters. The van der Waals surface area contributed by atoms with Crippen molar-refractivity contribution >= 4 is 15.9 Å². The SMILES string of the molecule is CC[C@@H](N)C(=O)N1CCCC(NS(C)(=O)=O)C1. The fourth-order valence-electron chi connectivity index (χ4n) is 1.99. The lowest BCUT2D eigenvalue weighted by Gasteiger charge is -2.34. The van der Waals surface area contributed by atoms with Crippen LogP contribution >= 0.6 is 0 Å². The van der Waals surface area contributed by atoms with E-state index in [-0.39, 0.29) is 11.9 Å². The predicted octanol–water partition coefficient (Wildman–Crippen LogP) is -0.736. The van der Waals surface area contributed by atoms with Crippen LogP contribution in [0.15, 0.2) is 0 Å². The van der Waals surface area contributed by atoms with Crippen molar-refractivity contribution in [3.05, 3.63) is 0 Å². The number of nitrogens with zero attached hydrogens (tertiary/aromatic N) is 1. The predicted molar refractivity (Wildman–Crippen MR) is 65.8 cm³/mol. The van der Waals surface area contributed by atoms with Crippen LogP contribution in [0, 0.1) is 0 Å². The summed E-state index contributed by atoms with van der Waals surface area (Å²) >= 11 is 0. The number of hydrogen-bond acceptors (Lipinski definition) is 4. The van der Waals surface area contributed by atoms with Gasteiger partial charge in [-0.1, -0.05) is 6.92 Å². The highest BCUT2D eigenvalue weighted by Crippen LogP contribution is 2.12. The van der Waals surface area contributed by atoms with Crippen LogP contribution in [0.5, 0.6) is 0 Å². The first kappa shape index (κ1) is 14.4. The summed E-state index contributed by atoms with van der Waals surface area (Å²) in [6.07, 6.45) is 3.29. The summed E-state index contributed by atoms with van der Waals surface area (Å²) in [4.78, 5) is 13.5. The van der Waals surface area contributed by atoms with Gasteiger partial charge in [0, 0.05) is 19.1 Å². The molecule has 1 saturated heterocycles. The monoisotopic (exact) mass is 263 g/mol. The maximum atomic E-state index is 11.9. The molecule has 1 rings (SSSR count). The molecule has 6 nitrogen and oxygen atoms in total. The lowest BCUT2D eigenvalue weighted by molar-refractivity contribution is -0.133. The zero-order chi connectivity index (χ0) is 13.1. The second-order valence-corrected chi connectivity index (χ2v) is 6.31. The molecule has 3 N–H and O–H groups in total. The van der Waals surface area contributed by atoms with Crippen molar-refractivity contribution in [2.75, 3.05) is 19.3 Å². The largest absolute Gasteiger partial charge is 0.340 e. The van der Waals surface area contributed by atoms with Crippen LogP contribution in [0.1, 0.15) is 26.2 Å². The summed E-state index contributed by atoms with van der Waals surface area (Å²) in [5, 5.41) is 0. The zero-order valence-corrected chi connectivity index (χ0v) is 11.2. The molecule has 0 bridgehead atoms. The average molecular weight is 263 g/mol. The van der Waals surface area contributed by atoms with Gasteiger partial charge in [0.25, 0.3) is 0 Å². The summed E-state index contributed by atoms with van der Waals surface area (Å²) in [5.41, 5.74) is 5.69. The molecule has 0 radical (unpaired) electrons.